The van der Waals surface area contributed by atoms with E-state index in [0.717, 1.165) is 11.3 Å². The van der Waals surface area contributed by atoms with Crippen molar-refractivity contribution in [3.05, 3.63) is 53.4 Å². The van der Waals surface area contributed by atoms with E-state index < -0.39 is 0 Å². The molecule has 0 saturated carbocycles. The minimum absolute atomic E-state index is 0.00647. The van der Waals surface area contributed by atoms with Crippen molar-refractivity contribution in [1.82, 2.24) is 0 Å². The maximum atomic E-state index is 10.1. The van der Waals surface area contributed by atoms with E-state index in [1.807, 2.05) is 19.1 Å². The fraction of sp³-hybridized carbons (Fsp3) is 0.176. The third-order valence-electron chi connectivity index (χ3n) is 3.54. The summed E-state index contributed by atoms with van der Waals surface area (Å²) in [7, 11) is 1.59. The lowest BCUT2D eigenvalue weighted by molar-refractivity contribution is 0.406. The summed E-state index contributed by atoms with van der Waals surface area (Å²) in [5.41, 5.74) is 1.89. The molecule has 0 spiro atoms. The summed E-state index contributed by atoms with van der Waals surface area (Å²) >= 11 is 1.74. The lowest BCUT2D eigenvalue weighted by atomic mass is 10.1. The highest BCUT2D eigenvalue weighted by Crippen LogP contribution is 2.31. The topological polar surface area (TPSA) is 41.5 Å². The van der Waals surface area contributed by atoms with Crippen molar-refractivity contribution in [1.29, 1.82) is 0 Å². The van der Waals surface area contributed by atoms with Crippen LogP contribution in [0.1, 0.15) is 18.5 Å². The monoisotopic (exact) mass is 299 g/mol. The summed E-state index contributed by atoms with van der Waals surface area (Å²) in [5, 5.41) is 16.8. The Morgan fingerprint density at radius 1 is 1.14 bits per heavy atom. The van der Waals surface area contributed by atoms with Gasteiger partial charge in [0.1, 0.15) is 11.5 Å². The summed E-state index contributed by atoms with van der Waals surface area (Å²) in [6.07, 6.45) is 0. The smallest absolute Gasteiger partial charge is 0.124 e. The number of anilines is 1. The maximum Gasteiger partial charge on any atom is 0.124 e. The van der Waals surface area contributed by atoms with Gasteiger partial charge in [0.25, 0.3) is 0 Å². The van der Waals surface area contributed by atoms with Gasteiger partial charge in [-0.1, -0.05) is 0 Å². The van der Waals surface area contributed by atoms with Gasteiger partial charge >= 0.3 is 0 Å². The fourth-order valence-electron chi connectivity index (χ4n) is 2.40. The molecular formula is C17H17NO2S. The number of fused-ring (bicyclic) bond motifs is 1. The highest BCUT2D eigenvalue weighted by molar-refractivity contribution is 7.17. The average Bonchev–Trinajstić information content (AvgIpc) is 2.94. The number of phenolic OH excluding ortho intramolecular Hbond substituents is 1. The Kier molecular flexibility index (Phi) is 3.71. The first-order chi connectivity index (χ1) is 10.2. The third kappa shape index (κ3) is 2.81. The van der Waals surface area contributed by atoms with Crippen LogP contribution in [0, 0.1) is 0 Å². The molecule has 1 unspecified atom stereocenters. The van der Waals surface area contributed by atoms with Crippen molar-refractivity contribution in [3.63, 3.8) is 0 Å². The van der Waals surface area contributed by atoms with Crippen molar-refractivity contribution in [2.24, 2.45) is 0 Å². The maximum absolute atomic E-state index is 10.1. The van der Waals surface area contributed by atoms with Gasteiger partial charge in [0.2, 0.25) is 0 Å². The summed E-state index contributed by atoms with van der Waals surface area (Å²) in [6.45, 7) is 2.03. The normalized spacial score (nSPS) is 12.3. The molecule has 1 aromatic heterocycles. The molecule has 0 aliphatic heterocycles. The number of nitrogens with one attached hydrogen (secondary N) is 1. The predicted molar refractivity (Wildman–Crippen MR) is 88.5 cm³/mol. The van der Waals surface area contributed by atoms with E-state index in [4.69, 9.17) is 4.74 Å². The average molecular weight is 299 g/mol. The molecule has 0 saturated heterocycles. The lowest BCUT2D eigenvalue weighted by Gasteiger charge is -2.17. The Balaban J connectivity index is 1.83. The molecule has 0 aliphatic rings. The van der Waals surface area contributed by atoms with Gasteiger partial charge in [-0.15, -0.1) is 11.3 Å². The Morgan fingerprint density at radius 3 is 2.76 bits per heavy atom. The van der Waals surface area contributed by atoms with Crippen LogP contribution in [0.2, 0.25) is 0 Å². The van der Waals surface area contributed by atoms with Crippen molar-refractivity contribution in [2.45, 2.75) is 13.0 Å². The second kappa shape index (κ2) is 5.66. The van der Waals surface area contributed by atoms with Gasteiger partial charge in [-0.25, -0.2) is 0 Å². The molecule has 3 aromatic rings. The van der Waals surface area contributed by atoms with E-state index in [2.05, 4.69) is 35.0 Å². The zero-order chi connectivity index (χ0) is 14.8. The molecule has 108 valence electrons. The number of thiophene rings is 1. The highest BCUT2D eigenvalue weighted by Gasteiger charge is 2.11. The lowest BCUT2D eigenvalue weighted by Crippen LogP contribution is -2.06. The molecule has 4 heteroatoms. The van der Waals surface area contributed by atoms with E-state index in [0.29, 0.717) is 5.75 Å². The number of benzene rings is 2. The molecule has 2 aromatic carbocycles. The summed E-state index contributed by atoms with van der Waals surface area (Å²) in [4.78, 5) is 0. The largest absolute Gasteiger partial charge is 0.507 e. The summed E-state index contributed by atoms with van der Waals surface area (Å²) < 4.78 is 6.39. The molecule has 0 fully saturated rings. The second-order valence-corrected chi connectivity index (χ2v) is 5.91. The van der Waals surface area contributed by atoms with Crippen LogP contribution in [-0.2, 0) is 0 Å². The molecule has 3 rings (SSSR count). The Bertz CT molecular complexity index is 766. The van der Waals surface area contributed by atoms with Crippen molar-refractivity contribution >= 4 is 27.1 Å². The Hall–Kier alpha value is -2.20. The van der Waals surface area contributed by atoms with Crippen molar-refractivity contribution < 1.29 is 9.84 Å². The van der Waals surface area contributed by atoms with Crippen LogP contribution < -0.4 is 10.1 Å². The number of hydrogen-bond donors (Lipinski definition) is 2. The number of hydrogen-bond acceptors (Lipinski definition) is 4. The Labute approximate surface area is 127 Å². The van der Waals surface area contributed by atoms with Gasteiger partial charge in [0.15, 0.2) is 0 Å². The number of aromatic hydroxyl groups is 1. The van der Waals surface area contributed by atoms with Gasteiger partial charge in [-0.05, 0) is 54.1 Å². The molecule has 0 amide bonds. The van der Waals surface area contributed by atoms with E-state index in [1.165, 1.54) is 10.1 Å². The van der Waals surface area contributed by atoms with Gasteiger partial charge < -0.3 is 15.2 Å². The number of ether oxygens (including phenoxy) is 1. The van der Waals surface area contributed by atoms with Crippen LogP contribution in [0.5, 0.6) is 11.5 Å². The molecule has 3 nitrogen and oxygen atoms in total. The zero-order valence-electron chi connectivity index (χ0n) is 12.0. The molecule has 0 radical (unpaired) electrons. The third-order valence-corrected chi connectivity index (χ3v) is 4.44. The molecule has 1 heterocycles. The second-order valence-electron chi connectivity index (χ2n) is 4.96. The van der Waals surface area contributed by atoms with E-state index in [1.54, 1.807) is 24.5 Å². The number of rotatable bonds is 4. The van der Waals surface area contributed by atoms with Gasteiger partial charge in [-0.3, -0.25) is 0 Å². The van der Waals surface area contributed by atoms with E-state index in [-0.39, 0.29) is 11.8 Å². The zero-order valence-corrected chi connectivity index (χ0v) is 12.8. The van der Waals surface area contributed by atoms with Crippen LogP contribution >= 0.6 is 11.3 Å². The molecule has 2 N–H and O–H groups in total. The predicted octanol–water partition coefficient (Wildman–Crippen LogP) is 4.79. The van der Waals surface area contributed by atoms with Crippen molar-refractivity contribution in [3.8, 4) is 11.5 Å². The molecule has 1 atom stereocenters. The minimum Gasteiger partial charge on any atom is -0.507 e. The molecule has 0 aliphatic carbocycles. The highest BCUT2D eigenvalue weighted by atomic mass is 32.1. The standard InChI is InChI=1S/C17H17NO2S/c1-11(15-5-4-14(20-2)10-16(15)19)18-13-3-6-17-12(9-13)7-8-21-17/h3-11,18-19H,1-2H3. The fourth-order valence-corrected chi connectivity index (χ4v) is 3.17. The van der Waals surface area contributed by atoms with Crippen LogP contribution in [0.25, 0.3) is 10.1 Å². The molecular weight excluding hydrogens is 282 g/mol. The van der Waals surface area contributed by atoms with E-state index in [9.17, 15) is 5.11 Å². The SMILES string of the molecule is COc1ccc(C(C)Nc2ccc3sccc3c2)c(O)c1. The van der Waals surface area contributed by atoms with Gasteiger partial charge in [0, 0.05) is 22.0 Å². The van der Waals surface area contributed by atoms with Crippen LogP contribution in [0.3, 0.4) is 0 Å². The van der Waals surface area contributed by atoms with Crippen LogP contribution in [-0.4, -0.2) is 12.2 Å². The van der Waals surface area contributed by atoms with Gasteiger partial charge in [0.05, 0.1) is 13.2 Å². The molecule has 21 heavy (non-hydrogen) atoms. The minimum atomic E-state index is 0.00647. The first-order valence-electron chi connectivity index (χ1n) is 6.78. The van der Waals surface area contributed by atoms with E-state index >= 15 is 0 Å². The first-order valence-corrected chi connectivity index (χ1v) is 7.66. The Morgan fingerprint density at radius 2 is 2.00 bits per heavy atom. The number of methoxy groups -OCH3 is 1. The summed E-state index contributed by atoms with van der Waals surface area (Å²) in [5.74, 6) is 0.897. The van der Waals surface area contributed by atoms with Crippen LogP contribution in [0.15, 0.2) is 47.8 Å². The van der Waals surface area contributed by atoms with Gasteiger partial charge in [-0.2, -0.15) is 0 Å². The van der Waals surface area contributed by atoms with Crippen LogP contribution in [0.4, 0.5) is 5.69 Å². The quantitative estimate of drug-likeness (QED) is 0.728. The summed E-state index contributed by atoms with van der Waals surface area (Å²) in [6, 6.07) is 13.8. The van der Waals surface area contributed by atoms with Crippen molar-refractivity contribution in [2.75, 3.05) is 12.4 Å². The first kappa shape index (κ1) is 13.8. The molecule has 0 bridgehead atoms. The number of phenols is 1.